The molecule has 2 aromatic rings. The van der Waals surface area contributed by atoms with Gasteiger partial charge in [-0.2, -0.15) is 4.31 Å². The number of piperidine rings is 1. The third-order valence-electron chi connectivity index (χ3n) is 5.29. The van der Waals surface area contributed by atoms with Crippen LogP contribution in [0.2, 0.25) is 5.02 Å². The number of rotatable bonds is 4. The molecule has 0 aromatic heterocycles. The van der Waals surface area contributed by atoms with E-state index in [9.17, 15) is 13.2 Å². The monoisotopic (exact) mass is 420 g/mol. The molecule has 2 aliphatic heterocycles. The molecule has 6 nitrogen and oxygen atoms in total. The third kappa shape index (κ3) is 3.80. The Kier molecular flexibility index (Phi) is 5.18. The van der Waals surface area contributed by atoms with Gasteiger partial charge in [0.05, 0.1) is 17.9 Å². The standard InChI is InChI=1S/C20H21ClN2O4S/c21-17-7-4-8-18(13-17)28(25,26)22-11-9-20(10-12-22)14-19(24)23(27-20)15-16-5-2-1-3-6-16/h1-8,13H,9-12,14-15H2. The second kappa shape index (κ2) is 7.48. The van der Waals surface area contributed by atoms with Gasteiger partial charge in [-0.1, -0.05) is 48.0 Å². The van der Waals surface area contributed by atoms with Crippen molar-refractivity contribution >= 4 is 27.5 Å². The molecule has 1 spiro atoms. The Balaban J connectivity index is 1.43. The van der Waals surface area contributed by atoms with E-state index in [2.05, 4.69) is 0 Å². The van der Waals surface area contributed by atoms with Crippen molar-refractivity contribution in [3.8, 4) is 0 Å². The highest BCUT2D eigenvalue weighted by molar-refractivity contribution is 7.89. The number of carbonyl (C=O) groups is 1. The third-order valence-corrected chi connectivity index (χ3v) is 7.42. The van der Waals surface area contributed by atoms with Crippen molar-refractivity contribution in [2.45, 2.75) is 36.3 Å². The molecule has 1 amide bonds. The maximum Gasteiger partial charge on any atom is 0.249 e. The molecule has 148 valence electrons. The van der Waals surface area contributed by atoms with E-state index in [4.69, 9.17) is 16.4 Å². The first-order valence-corrected chi connectivity index (χ1v) is 11.0. The first-order valence-electron chi connectivity index (χ1n) is 9.17. The second-order valence-electron chi connectivity index (χ2n) is 7.23. The van der Waals surface area contributed by atoms with E-state index in [0.29, 0.717) is 37.5 Å². The van der Waals surface area contributed by atoms with Gasteiger partial charge in [-0.3, -0.25) is 9.63 Å². The number of carbonyl (C=O) groups excluding carboxylic acids is 1. The van der Waals surface area contributed by atoms with E-state index in [-0.39, 0.29) is 17.2 Å². The number of benzene rings is 2. The summed E-state index contributed by atoms with van der Waals surface area (Å²) in [5.74, 6) is -0.0602. The van der Waals surface area contributed by atoms with Crippen LogP contribution in [0.5, 0.6) is 0 Å². The molecule has 4 rings (SSSR count). The molecule has 0 saturated carbocycles. The normalized spacial score (nSPS) is 20.0. The summed E-state index contributed by atoms with van der Waals surface area (Å²) in [6, 6.07) is 15.9. The minimum absolute atomic E-state index is 0.0602. The van der Waals surface area contributed by atoms with Crippen molar-refractivity contribution in [3.05, 3.63) is 65.2 Å². The summed E-state index contributed by atoms with van der Waals surface area (Å²) in [6.45, 7) is 1.01. The van der Waals surface area contributed by atoms with Gasteiger partial charge in [-0.05, 0) is 36.6 Å². The van der Waals surface area contributed by atoms with Crippen LogP contribution < -0.4 is 0 Å². The van der Waals surface area contributed by atoms with Gasteiger partial charge in [-0.25, -0.2) is 13.5 Å². The highest BCUT2D eigenvalue weighted by Crippen LogP contribution is 2.38. The number of hydrogen-bond donors (Lipinski definition) is 0. The lowest BCUT2D eigenvalue weighted by Gasteiger charge is -2.37. The van der Waals surface area contributed by atoms with Crippen molar-refractivity contribution in [3.63, 3.8) is 0 Å². The number of hydrogen-bond acceptors (Lipinski definition) is 4. The smallest absolute Gasteiger partial charge is 0.249 e. The van der Waals surface area contributed by atoms with E-state index in [1.807, 2.05) is 30.3 Å². The molecule has 0 aliphatic carbocycles. The van der Waals surface area contributed by atoms with Crippen LogP contribution in [0.3, 0.4) is 0 Å². The fourth-order valence-corrected chi connectivity index (χ4v) is 5.47. The van der Waals surface area contributed by atoms with Gasteiger partial charge in [-0.15, -0.1) is 0 Å². The van der Waals surface area contributed by atoms with Crippen LogP contribution in [0.15, 0.2) is 59.5 Å². The SMILES string of the molecule is O=C1CC2(CCN(S(=O)(=O)c3cccc(Cl)c3)CC2)ON1Cc1ccccc1. The Hall–Kier alpha value is -1.93. The van der Waals surface area contributed by atoms with Gasteiger partial charge in [0.25, 0.3) is 0 Å². The van der Waals surface area contributed by atoms with Crippen LogP contribution >= 0.6 is 11.6 Å². The molecule has 2 aliphatic rings. The quantitative estimate of drug-likeness (QED) is 0.761. The zero-order chi connectivity index (χ0) is 19.8. The van der Waals surface area contributed by atoms with Crippen LogP contribution in [0.25, 0.3) is 0 Å². The van der Waals surface area contributed by atoms with Crippen molar-refractivity contribution in [2.24, 2.45) is 0 Å². The lowest BCUT2D eigenvalue weighted by atomic mass is 9.89. The van der Waals surface area contributed by atoms with Crippen molar-refractivity contribution in [1.29, 1.82) is 0 Å². The molecule has 2 saturated heterocycles. The predicted octanol–water partition coefficient (Wildman–Crippen LogP) is 3.23. The van der Waals surface area contributed by atoms with Crippen molar-refractivity contribution in [1.82, 2.24) is 9.37 Å². The summed E-state index contributed by atoms with van der Waals surface area (Å²) in [6.07, 6.45) is 1.23. The van der Waals surface area contributed by atoms with E-state index < -0.39 is 15.6 Å². The molecule has 8 heteroatoms. The average Bonchev–Trinajstić information content (AvgIpc) is 2.97. The molecule has 0 unspecified atom stereocenters. The van der Waals surface area contributed by atoms with Crippen LogP contribution in [-0.2, 0) is 26.2 Å². The van der Waals surface area contributed by atoms with Gasteiger partial charge in [0.1, 0.15) is 5.60 Å². The minimum atomic E-state index is -3.61. The lowest BCUT2D eigenvalue weighted by molar-refractivity contribution is -0.212. The van der Waals surface area contributed by atoms with E-state index in [1.54, 1.807) is 18.2 Å². The van der Waals surface area contributed by atoms with Gasteiger partial charge in [0.2, 0.25) is 15.9 Å². The number of sulfonamides is 1. The van der Waals surface area contributed by atoms with E-state index in [1.165, 1.54) is 15.4 Å². The minimum Gasteiger partial charge on any atom is -0.272 e. The zero-order valence-electron chi connectivity index (χ0n) is 15.3. The Bertz CT molecular complexity index is 973. The molecule has 0 bridgehead atoms. The highest BCUT2D eigenvalue weighted by Gasteiger charge is 2.48. The second-order valence-corrected chi connectivity index (χ2v) is 9.60. The van der Waals surface area contributed by atoms with Gasteiger partial charge < -0.3 is 0 Å². The topological polar surface area (TPSA) is 66.9 Å². The molecule has 2 fully saturated rings. The van der Waals surface area contributed by atoms with Crippen LogP contribution in [-0.4, -0.2) is 42.4 Å². The molecular weight excluding hydrogens is 400 g/mol. The number of amides is 1. The first kappa shape index (κ1) is 19.4. The Morgan fingerprint density at radius 3 is 2.43 bits per heavy atom. The summed E-state index contributed by atoms with van der Waals surface area (Å²) in [5.41, 5.74) is 0.375. The van der Waals surface area contributed by atoms with Gasteiger partial charge in [0, 0.05) is 18.1 Å². The molecule has 0 radical (unpaired) electrons. The zero-order valence-corrected chi connectivity index (χ0v) is 16.8. The summed E-state index contributed by atoms with van der Waals surface area (Å²) in [5, 5.41) is 1.80. The highest BCUT2D eigenvalue weighted by atomic mass is 35.5. The summed E-state index contributed by atoms with van der Waals surface area (Å²) in [4.78, 5) is 18.7. The van der Waals surface area contributed by atoms with Crippen LogP contribution in [0, 0.1) is 0 Å². The molecule has 0 N–H and O–H groups in total. The fourth-order valence-electron chi connectivity index (χ4n) is 3.73. The summed E-state index contributed by atoms with van der Waals surface area (Å²) in [7, 11) is -3.61. The lowest BCUT2D eigenvalue weighted by Crippen LogP contribution is -2.46. The molecule has 2 heterocycles. The maximum atomic E-state index is 12.9. The van der Waals surface area contributed by atoms with Gasteiger partial charge in [0.15, 0.2) is 0 Å². The molecule has 0 atom stereocenters. The number of halogens is 1. The summed E-state index contributed by atoms with van der Waals surface area (Å²) < 4.78 is 27.2. The predicted molar refractivity (Wildman–Crippen MR) is 105 cm³/mol. The maximum absolute atomic E-state index is 12.9. The summed E-state index contributed by atoms with van der Waals surface area (Å²) >= 11 is 5.94. The molecule has 2 aromatic carbocycles. The van der Waals surface area contributed by atoms with Crippen LogP contribution in [0.1, 0.15) is 24.8 Å². The average molecular weight is 421 g/mol. The first-order chi connectivity index (χ1) is 13.4. The Morgan fingerprint density at radius 2 is 1.75 bits per heavy atom. The fraction of sp³-hybridized carbons (Fsp3) is 0.350. The van der Waals surface area contributed by atoms with Crippen LogP contribution in [0.4, 0.5) is 0 Å². The van der Waals surface area contributed by atoms with Crippen molar-refractivity contribution in [2.75, 3.05) is 13.1 Å². The molecular formula is C20H21ClN2O4S. The number of nitrogens with zero attached hydrogens (tertiary/aromatic N) is 2. The molecule has 28 heavy (non-hydrogen) atoms. The number of hydroxylamine groups is 2. The van der Waals surface area contributed by atoms with Crippen molar-refractivity contribution < 1.29 is 18.0 Å². The van der Waals surface area contributed by atoms with E-state index >= 15 is 0 Å². The largest absolute Gasteiger partial charge is 0.272 e. The Morgan fingerprint density at radius 1 is 1.04 bits per heavy atom. The Labute approximate surface area is 169 Å². The van der Waals surface area contributed by atoms with Gasteiger partial charge >= 0.3 is 0 Å². The van der Waals surface area contributed by atoms with E-state index in [0.717, 1.165) is 5.56 Å².